The van der Waals surface area contributed by atoms with Crippen molar-refractivity contribution in [3.8, 4) is 0 Å². The first-order valence-corrected chi connectivity index (χ1v) is 6.23. The standard InChI is InChI=1S/C12H12N4O2S/c1-7-3-4-14-12(16-7)19-10-5-8(11(17)18-2)9(13)6-15-10/h3-6H,13H2,1-2H3. The first-order valence-electron chi connectivity index (χ1n) is 5.41. The molecule has 0 aliphatic heterocycles. The monoisotopic (exact) mass is 276 g/mol. The Kier molecular flexibility index (Phi) is 3.96. The number of aromatic nitrogens is 3. The number of esters is 1. The van der Waals surface area contributed by atoms with Gasteiger partial charge in [0.25, 0.3) is 0 Å². The van der Waals surface area contributed by atoms with Crippen LogP contribution in [0.3, 0.4) is 0 Å². The van der Waals surface area contributed by atoms with Crippen LogP contribution in [-0.2, 0) is 4.74 Å². The molecule has 0 aliphatic carbocycles. The molecule has 0 fully saturated rings. The number of methoxy groups -OCH3 is 1. The van der Waals surface area contributed by atoms with Crippen molar-refractivity contribution in [2.24, 2.45) is 0 Å². The van der Waals surface area contributed by atoms with Gasteiger partial charge in [-0.1, -0.05) is 0 Å². The van der Waals surface area contributed by atoms with Crippen LogP contribution in [0.4, 0.5) is 5.69 Å². The van der Waals surface area contributed by atoms with E-state index in [1.807, 2.05) is 6.92 Å². The summed E-state index contributed by atoms with van der Waals surface area (Å²) in [6.45, 7) is 1.88. The maximum absolute atomic E-state index is 11.5. The molecule has 0 radical (unpaired) electrons. The van der Waals surface area contributed by atoms with E-state index in [-0.39, 0.29) is 11.3 Å². The number of carbonyl (C=O) groups excluding carboxylic acids is 1. The Morgan fingerprint density at radius 2 is 2.21 bits per heavy atom. The molecule has 0 amide bonds. The zero-order chi connectivity index (χ0) is 13.8. The van der Waals surface area contributed by atoms with Crippen molar-refractivity contribution in [3.63, 3.8) is 0 Å². The highest BCUT2D eigenvalue weighted by atomic mass is 32.2. The first kappa shape index (κ1) is 13.3. The molecule has 2 rings (SSSR count). The molecule has 6 nitrogen and oxygen atoms in total. The van der Waals surface area contributed by atoms with E-state index in [4.69, 9.17) is 5.73 Å². The molecule has 2 aromatic heterocycles. The molecule has 0 spiro atoms. The molecule has 98 valence electrons. The minimum Gasteiger partial charge on any atom is -0.465 e. The van der Waals surface area contributed by atoms with Gasteiger partial charge in [-0.25, -0.2) is 19.7 Å². The van der Waals surface area contributed by atoms with E-state index in [1.165, 1.54) is 25.1 Å². The maximum atomic E-state index is 11.5. The molecule has 0 saturated carbocycles. The Morgan fingerprint density at radius 1 is 1.42 bits per heavy atom. The lowest BCUT2D eigenvalue weighted by atomic mass is 10.2. The Labute approximate surface area is 114 Å². The van der Waals surface area contributed by atoms with E-state index in [9.17, 15) is 4.79 Å². The summed E-state index contributed by atoms with van der Waals surface area (Å²) in [5.41, 5.74) is 7.11. The van der Waals surface area contributed by atoms with Crippen LogP contribution in [0.15, 0.2) is 34.7 Å². The van der Waals surface area contributed by atoms with Crippen molar-refractivity contribution >= 4 is 23.4 Å². The summed E-state index contributed by atoms with van der Waals surface area (Å²) in [4.78, 5) is 24.0. The number of anilines is 1. The Morgan fingerprint density at radius 3 is 2.89 bits per heavy atom. The van der Waals surface area contributed by atoms with Gasteiger partial charge in [-0.2, -0.15) is 0 Å². The number of pyridine rings is 1. The zero-order valence-electron chi connectivity index (χ0n) is 10.5. The molecule has 7 heteroatoms. The van der Waals surface area contributed by atoms with Gasteiger partial charge in [-0.15, -0.1) is 0 Å². The first-order chi connectivity index (χ1) is 9.10. The highest BCUT2D eigenvalue weighted by Crippen LogP contribution is 2.25. The minimum absolute atomic E-state index is 0.279. The molecule has 0 atom stereocenters. The third-order valence-corrected chi connectivity index (χ3v) is 3.10. The van der Waals surface area contributed by atoms with Crippen LogP contribution in [0.1, 0.15) is 16.1 Å². The molecule has 2 aromatic rings. The largest absolute Gasteiger partial charge is 0.465 e. The second-order valence-corrected chi connectivity index (χ2v) is 4.67. The summed E-state index contributed by atoms with van der Waals surface area (Å²) in [7, 11) is 1.30. The lowest BCUT2D eigenvalue weighted by molar-refractivity contribution is 0.0601. The number of rotatable bonds is 3. The summed E-state index contributed by atoms with van der Waals surface area (Å²) >= 11 is 1.26. The molecular weight excluding hydrogens is 264 g/mol. The van der Waals surface area contributed by atoms with Crippen LogP contribution >= 0.6 is 11.8 Å². The number of hydrogen-bond acceptors (Lipinski definition) is 7. The van der Waals surface area contributed by atoms with Crippen molar-refractivity contribution in [3.05, 3.63) is 35.8 Å². The number of ether oxygens (including phenoxy) is 1. The highest BCUT2D eigenvalue weighted by molar-refractivity contribution is 7.99. The van der Waals surface area contributed by atoms with Gasteiger partial charge in [0.1, 0.15) is 5.03 Å². The van der Waals surface area contributed by atoms with Gasteiger partial charge in [0.05, 0.1) is 24.6 Å². The van der Waals surface area contributed by atoms with E-state index in [0.717, 1.165) is 5.69 Å². The van der Waals surface area contributed by atoms with Gasteiger partial charge in [0, 0.05) is 11.9 Å². The van der Waals surface area contributed by atoms with Crippen molar-refractivity contribution in [2.45, 2.75) is 17.1 Å². The number of carbonyl (C=O) groups is 1. The SMILES string of the molecule is COC(=O)c1cc(Sc2nccc(C)n2)ncc1N. The normalized spacial score (nSPS) is 10.2. The number of aryl methyl sites for hydroxylation is 1. The van der Waals surface area contributed by atoms with Gasteiger partial charge in [-0.3, -0.25) is 0 Å². The van der Waals surface area contributed by atoms with Crippen molar-refractivity contribution in [1.82, 2.24) is 15.0 Å². The topological polar surface area (TPSA) is 91.0 Å². The van der Waals surface area contributed by atoms with Crippen LogP contribution in [0.5, 0.6) is 0 Å². The van der Waals surface area contributed by atoms with E-state index in [1.54, 1.807) is 18.3 Å². The lowest BCUT2D eigenvalue weighted by Crippen LogP contribution is -2.06. The maximum Gasteiger partial charge on any atom is 0.340 e. The van der Waals surface area contributed by atoms with Gasteiger partial charge in [0.2, 0.25) is 0 Å². The predicted molar refractivity (Wildman–Crippen MR) is 70.9 cm³/mol. The summed E-state index contributed by atoms with van der Waals surface area (Å²) < 4.78 is 4.65. The third kappa shape index (κ3) is 3.19. The van der Waals surface area contributed by atoms with Crippen LogP contribution in [-0.4, -0.2) is 28.0 Å². The van der Waals surface area contributed by atoms with Crippen LogP contribution in [0.2, 0.25) is 0 Å². The summed E-state index contributed by atoms with van der Waals surface area (Å²) in [5, 5.41) is 1.15. The molecule has 0 unspecified atom stereocenters. The molecule has 2 heterocycles. The van der Waals surface area contributed by atoms with Crippen LogP contribution < -0.4 is 5.73 Å². The number of nitrogen functional groups attached to an aromatic ring is 1. The summed E-state index contributed by atoms with van der Waals surface area (Å²) in [5.74, 6) is -0.494. The van der Waals surface area contributed by atoms with E-state index in [2.05, 4.69) is 19.7 Å². The number of nitrogens with zero attached hydrogens (tertiary/aromatic N) is 3. The fourth-order valence-electron chi connectivity index (χ4n) is 1.36. The number of hydrogen-bond donors (Lipinski definition) is 1. The van der Waals surface area contributed by atoms with Gasteiger partial charge >= 0.3 is 5.97 Å². The highest BCUT2D eigenvalue weighted by Gasteiger charge is 2.12. The van der Waals surface area contributed by atoms with Gasteiger partial charge in [-0.05, 0) is 30.8 Å². The molecular formula is C12H12N4O2S. The third-order valence-electron chi connectivity index (χ3n) is 2.28. The smallest absolute Gasteiger partial charge is 0.340 e. The summed E-state index contributed by atoms with van der Waals surface area (Å²) in [6.07, 6.45) is 3.09. The second kappa shape index (κ2) is 5.66. The summed E-state index contributed by atoms with van der Waals surface area (Å²) in [6, 6.07) is 3.37. The second-order valence-electron chi connectivity index (χ2n) is 3.68. The van der Waals surface area contributed by atoms with E-state index < -0.39 is 5.97 Å². The Balaban J connectivity index is 2.29. The van der Waals surface area contributed by atoms with E-state index >= 15 is 0 Å². The number of nitrogens with two attached hydrogens (primary N) is 1. The van der Waals surface area contributed by atoms with Crippen LogP contribution in [0, 0.1) is 6.92 Å². The quantitative estimate of drug-likeness (QED) is 0.673. The Bertz CT molecular complexity index is 618. The van der Waals surface area contributed by atoms with Crippen LogP contribution in [0.25, 0.3) is 0 Å². The molecule has 0 saturated heterocycles. The average Bonchev–Trinajstić information content (AvgIpc) is 2.40. The van der Waals surface area contributed by atoms with Gasteiger partial charge in [0.15, 0.2) is 5.16 Å². The van der Waals surface area contributed by atoms with Crippen molar-refractivity contribution in [1.29, 1.82) is 0 Å². The van der Waals surface area contributed by atoms with Crippen molar-refractivity contribution in [2.75, 3.05) is 12.8 Å². The molecule has 0 aliphatic rings. The van der Waals surface area contributed by atoms with E-state index in [0.29, 0.717) is 10.2 Å². The predicted octanol–water partition coefficient (Wildman–Crippen LogP) is 1.70. The van der Waals surface area contributed by atoms with Gasteiger partial charge < -0.3 is 10.5 Å². The molecule has 0 aromatic carbocycles. The molecule has 19 heavy (non-hydrogen) atoms. The fourth-order valence-corrected chi connectivity index (χ4v) is 2.13. The minimum atomic E-state index is -0.494. The zero-order valence-corrected chi connectivity index (χ0v) is 11.3. The molecule has 2 N–H and O–H groups in total. The lowest BCUT2D eigenvalue weighted by Gasteiger charge is -2.05. The average molecular weight is 276 g/mol. The van der Waals surface area contributed by atoms with Crippen molar-refractivity contribution < 1.29 is 9.53 Å². The Hall–Kier alpha value is -2.15. The fraction of sp³-hybridized carbons (Fsp3) is 0.167. The molecule has 0 bridgehead atoms.